The Balaban J connectivity index is 1.70. The number of benzene rings is 2. The molecule has 7 heteroatoms. The van der Waals surface area contributed by atoms with Crippen LogP contribution in [-0.4, -0.2) is 66.0 Å². The molecule has 2 aromatic carbocycles. The van der Waals surface area contributed by atoms with Crippen molar-refractivity contribution in [1.29, 1.82) is 0 Å². The predicted octanol–water partition coefficient (Wildman–Crippen LogP) is 1.92. The zero-order chi connectivity index (χ0) is 20.8. The summed E-state index contributed by atoms with van der Waals surface area (Å²) in [6.07, 6.45) is 3.61. The number of nitrogens with zero attached hydrogens (tertiary/aromatic N) is 2. The van der Waals surface area contributed by atoms with Crippen LogP contribution in [0, 0.1) is 0 Å². The van der Waals surface area contributed by atoms with Crippen molar-refractivity contribution in [3.8, 4) is 5.75 Å². The number of aromatic hydroxyl groups is 1. The molecule has 0 radical (unpaired) electrons. The molecule has 3 rings (SSSR count). The van der Waals surface area contributed by atoms with Crippen LogP contribution in [0.4, 0.5) is 0 Å². The normalized spacial score (nSPS) is 13.7. The Labute approximate surface area is 171 Å². The van der Waals surface area contributed by atoms with Crippen molar-refractivity contribution in [2.75, 3.05) is 39.3 Å². The van der Waals surface area contributed by atoms with Crippen LogP contribution >= 0.6 is 0 Å². The molecule has 5 N–H and O–H groups in total. The third kappa shape index (κ3) is 4.75. The van der Waals surface area contributed by atoms with Crippen molar-refractivity contribution in [1.82, 2.24) is 9.80 Å². The number of hydrogen-bond acceptors (Lipinski definition) is 6. The van der Waals surface area contributed by atoms with Crippen LogP contribution in [-0.2, 0) is 0 Å². The molecule has 2 amide bonds. The molecular weight excluding hydrogens is 368 g/mol. The maximum absolute atomic E-state index is 13.0. The van der Waals surface area contributed by atoms with Gasteiger partial charge in [0.25, 0.3) is 11.8 Å². The highest BCUT2D eigenvalue weighted by atomic mass is 16.3. The van der Waals surface area contributed by atoms with E-state index >= 15 is 0 Å². The summed E-state index contributed by atoms with van der Waals surface area (Å²) in [7, 11) is 0. The van der Waals surface area contributed by atoms with Crippen molar-refractivity contribution in [2.45, 2.75) is 25.7 Å². The SMILES string of the molecule is NCCCCN(CCCN)CCCN1C(=O)c2cccc3cc(O)cc(c23)C1=O. The monoisotopic (exact) mass is 398 g/mol. The average molecular weight is 399 g/mol. The van der Waals surface area contributed by atoms with E-state index in [0.717, 1.165) is 38.9 Å². The predicted molar refractivity (Wildman–Crippen MR) is 114 cm³/mol. The molecule has 29 heavy (non-hydrogen) atoms. The molecule has 0 aromatic heterocycles. The van der Waals surface area contributed by atoms with E-state index in [9.17, 15) is 14.7 Å². The number of amides is 2. The van der Waals surface area contributed by atoms with E-state index < -0.39 is 0 Å². The third-order valence-corrected chi connectivity index (χ3v) is 5.38. The van der Waals surface area contributed by atoms with Gasteiger partial charge in [-0.15, -0.1) is 0 Å². The fraction of sp³-hybridized carbons (Fsp3) is 0.455. The molecule has 7 nitrogen and oxygen atoms in total. The summed E-state index contributed by atoms with van der Waals surface area (Å²) < 4.78 is 0. The molecule has 0 unspecified atom stereocenters. The smallest absolute Gasteiger partial charge is 0.261 e. The summed E-state index contributed by atoms with van der Waals surface area (Å²) in [5.41, 5.74) is 12.1. The minimum Gasteiger partial charge on any atom is -0.508 e. The summed E-state index contributed by atoms with van der Waals surface area (Å²) in [5.74, 6) is -0.582. The van der Waals surface area contributed by atoms with Gasteiger partial charge in [-0.2, -0.15) is 0 Å². The van der Waals surface area contributed by atoms with Crippen LogP contribution in [0.2, 0.25) is 0 Å². The van der Waals surface area contributed by atoms with Crippen molar-refractivity contribution >= 4 is 22.6 Å². The highest BCUT2D eigenvalue weighted by molar-refractivity contribution is 6.25. The molecule has 0 saturated heterocycles. The second kappa shape index (κ2) is 9.82. The largest absolute Gasteiger partial charge is 0.508 e. The Morgan fingerprint density at radius 2 is 1.55 bits per heavy atom. The number of carbonyl (C=O) groups excluding carboxylic acids is 2. The number of phenols is 1. The first-order valence-corrected chi connectivity index (χ1v) is 10.3. The average Bonchev–Trinajstić information content (AvgIpc) is 2.71. The minimum atomic E-state index is -0.341. The van der Waals surface area contributed by atoms with Gasteiger partial charge in [-0.25, -0.2) is 0 Å². The Bertz CT molecular complexity index is 884. The first-order chi connectivity index (χ1) is 14.1. The fourth-order valence-corrected chi connectivity index (χ4v) is 3.93. The maximum Gasteiger partial charge on any atom is 0.261 e. The van der Waals surface area contributed by atoms with Gasteiger partial charge < -0.3 is 21.5 Å². The second-order valence-electron chi connectivity index (χ2n) is 7.49. The maximum atomic E-state index is 13.0. The summed E-state index contributed by atoms with van der Waals surface area (Å²) in [6.45, 7) is 4.30. The van der Waals surface area contributed by atoms with E-state index in [4.69, 9.17) is 11.5 Å². The first-order valence-electron chi connectivity index (χ1n) is 10.3. The molecular formula is C22H30N4O3. The minimum absolute atomic E-state index is 0.0279. The van der Waals surface area contributed by atoms with Gasteiger partial charge in [0.05, 0.1) is 5.56 Å². The van der Waals surface area contributed by atoms with Crippen molar-refractivity contribution < 1.29 is 14.7 Å². The Hall–Kier alpha value is -2.48. The number of phenolic OH excluding ortho intramolecular Hbond substituents is 1. The van der Waals surface area contributed by atoms with Gasteiger partial charge in [-0.3, -0.25) is 14.5 Å². The molecule has 0 fully saturated rings. The Morgan fingerprint density at radius 3 is 2.31 bits per heavy atom. The Kier molecular flexibility index (Phi) is 7.19. The number of hydrogen-bond donors (Lipinski definition) is 3. The lowest BCUT2D eigenvalue weighted by Gasteiger charge is -2.28. The fourth-order valence-electron chi connectivity index (χ4n) is 3.93. The lowest BCUT2D eigenvalue weighted by molar-refractivity contribution is 0.0603. The number of unbranched alkanes of at least 4 members (excludes halogenated alkanes) is 1. The lowest BCUT2D eigenvalue weighted by Crippen LogP contribution is -2.42. The molecule has 0 atom stereocenters. The summed E-state index contributed by atoms with van der Waals surface area (Å²) >= 11 is 0. The standard InChI is InChI=1S/C22H30N4O3/c23-8-1-2-10-25(11-4-9-24)12-5-13-26-21(28)18-7-3-6-16-14-17(27)15-19(20(16)18)22(26)29/h3,6-7,14-15,27H,1-2,4-5,8-13,23-24H2. The first kappa shape index (κ1) is 21.2. The highest BCUT2D eigenvalue weighted by Gasteiger charge is 2.32. The lowest BCUT2D eigenvalue weighted by atomic mass is 9.93. The molecule has 1 heterocycles. The van der Waals surface area contributed by atoms with Gasteiger partial charge in [0.2, 0.25) is 0 Å². The van der Waals surface area contributed by atoms with Crippen LogP contribution in [0.15, 0.2) is 30.3 Å². The molecule has 0 spiro atoms. The van der Waals surface area contributed by atoms with Crippen LogP contribution < -0.4 is 11.5 Å². The van der Waals surface area contributed by atoms with Crippen LogP contribution in [0.5, 0.6) is 5.75 Å². The van der Waals surface area contributed by atoms with Crippen molar-refractivity contribution in [3.05, 3.63) is 41.5 Å². The van der Waals surface area contributed by atoms with E-state index in [2.05, 4.69) is 4.90 Å². The number of carbonyl (C=O) groups is 2. The topological polar surface area (TPSA) is 113 Å². The zero-order valence-corrected chi connectivity index (χ0v) is 16.8. The van der Waals surface area contributed by atoms with E-state index in [1.54, 1.807) is 24.3 Å². The van der Waals surface area contributed by atoms with E-state index in [1.807, 2.05) is 0 Å². The molecule has 0 aliphatic carbocycles. The van der Waals surface area contributed by atoms with Gasteiger partial charge >= 0.3 is 0 Å². The van der Waals surface area contributed by atoms with Gasteiger partial charge in [-0.1, -0.05) is 12.1 Å². The molecule has 0 saturated carbocycles. The van der Waals surface area contributed by atoms with Gasteiger partial charge in [0, 0.05) is 17.5 Å². The van der Waals surface area contributed by atoms with Crippen LogP contribution in [0.1, 0.15) is 46.4 Å². The molecule has 156 valence electrons. The van der Waals surface area contributed by atoms with E-state index in [-0.39, 0.29) is 17.6 Å². The van der Waals surface area contributed by atoms with Gasteiger partial charge in [0.1, 0.15) is 5.75 Å². The van der Waals surface area contributed by atoms with Crippen molar-refractivity contribution in [2.24, 2.45) is 11.5 Å². The number of imide groups is 1. The molecule has 1 aliphatic rings. The molecule has 2 aromatic rings. The van der Waals surface area contributed by atoms with Crippen LogP contribution in [0.25, 0.3) is 10.8 Å². The highest BCUT2D eigenvalue weighted by Crippen LogP contribution is 2.33. The van der Waals surface area contributed by atoms with Crippen LogP contribution in [0.3, 0.4) is 0 Å². The quantitative estimate of drug-likeness (QED) is 0.394. The second-order valence-corrected chi connectivity index (χ2v) is 7.49. The zero-order valence-electron chi connectivity index (χ0n) is 16.8. The number of nitrogens with two attached hydrogens (primary N) is 2. The Morgan fingerprint density at radius 1 is 0.862 bits per heavy atom. The van der Waals surface area contributed by atoms with Crippen molar-refractivity contribution in [3.63, 3.8) is 0 Å². The molecule has 0 bridgehead atoms. The number of rotatable bonds is 11. The summed E-state index contributed by atoms with van der Waals surface area (Å²) in [5, 5.41) is 11.3. The summed E-state index contributed by atoms with van der Waals surface area (Å²) in [4.78, 5) is 29.6. The van der Waals surface area contributed by atoms with Gasteiger partial charge in [0.15, 0.2) is 0 Å². The van der Waals surface area contributed by atoms with E-state index in [1.165, 1.54) is 11.0 Å². The van der Waals surface area contributed by atoms with Gasteiger partial charge in [-0.05, 0) is 82.0 Å². The molecule has 1 aliphatic heterocycles. The van der Waals surface area contributed by atoms with E-state index in [0.29, 0.717) is 48.0 Å². The third-order valence-electron chi connectivity index (χ3n) is 5.38. The summed E-state index contributed by atoms with van der Waals surface area (Å²) in [6, 6.07) is 8.35.